The highest BCUT2D eigenvalue weighted by atomic mass is 16.7. The first-order valence-corrected chi connectivity index (χ1v) is 18.6. The summed E-state index contributed by atoms with van der Waals surface area (Å²) in [6.07, 6.45) is 3.95. The van der Waals surface area contributed by atoms with Crippen LogP contribution in [0.25, 0.3) is 0 Å². The van der Waals surface area contributed by atoms with Crippen molar-refractivity contribution < 1.29 is 43.7 Å². The lowest BCUT2D eigenvalue weighted by Crippen LogP contribution is -2.60. The van der Waals surface area contributed by atoms with Crippen molar-refractivity contribution in [1.82, 2.24) is 0 Å². The number of hydrogen-bond acceptors (Lipinski definition) is 10. The third kappa shape index (κ3) is 4.84. The van der Waals surface area contributed by atoms with E-state index in [1.807, 2.05) is 0 Å². The van der Waals surface area contributed by atoms with E-state index in [0.717, 1.165) is 44.9 Å². The van der Waals surface area contributed by atoms with Crippen LogP contribution >= 0.6 is 0 Å². The molecule has 11 heteroatoms. The van der Waals surface area contributed by atoms with E-state index in [9.17, 15) is 29.9 Å². The van der Waals surface area contributed by atoms with Crippen LogP contribution in [0.4, 0.5) is 10.5 Å². The smallest absolute Gasteiger partial charge is 0.457 e. The van der Waals surface area contributed by atoms with Crippen molar-refractivity contribution in [2.45, 2.75) is 143 Å². The fraction of sp³-hybridized carbons (Fsp3) is 0.795. The highest BCUT2D eigenvalue weighted by molar-refractivity contribution is 5.66. The number of carbonyl (C=O) groups excluding carboxylic acids is 2. The fourth-order valence-electron chi connectivity index (χ4n) is 13.4. The minimum absolute atomic E-state index is 0.0796. The van der Waals surface area contributed by atoms with Gasteiger partial charge in [-0.25, -0.2) is 4.79 Å². The molecule has 2 spiro atoms. The zero-order valence-corrected chi connectivity index (χ0v) is 30.8. The van der Waals surface area contributed by atoms with Crippen molar-refractivity contribution >= 4 is 17.8 Å². The lowest BCUT2D eigenvalue weighted by atomic mass is 9.41. The van der Waals surface area contributed by atoms with E-state index in [4.69, 9.17) is 18.9 Å². The van der Waals surface area contributed by atoms with Gasteiger partial charge in [-0.3, -0.25) is 14.9 Å². The number of rotatable bonds is 6. The maximum atomic E-state index is 13.0. The minimum Gasteiger partial charge on any atom is -0.457 e. The number of aliphatic hydroxyl groups excluding tert-OH is 1. The summed E-state index contributed by atoms with van der Waals surface area (Å²) >= 11 is 0. The second-order valence-electron chi connectivity index (χ2n) is 18.4. The van der Waals surface area contributed by atoms with E-state index < -0.39 is 47.1 Å². The first-order valence-electron chi connectivity index (χ1n) is 18.6. The van der Waals surface area contributed by atoms with Crippen molar-refractivity contribution in [3.05, 3.63) is 34.4 Å². The molecule has 1 aliphatic heterocycles. The van der Waals surface area contributed by atoms with Crippen molar-refractivity contribution in [1.29, 1.82) is 0 Å². The molecule has 5 aliphatic carbocycles. The largest absolute Gasteiger partial charge is 0.514 e. The molecule has 50 heavy (non-hydrogen) atoms. The Morgan fingerprint density at radius 1 is 1.02 bits per heavy atom. The Morgan fingerprint density at radius 2 is 1.66 bits per heavy atom. The molecule has 276 valence electrons. The molecule has 6 unspecified atom stereocenters. The molecule has 2 N–H and O–H groups in total. The van der Waals surface area contributed by atoms with Crippen molar-refractivity contribution in [3.63, 3.8) is 0 Å². The number of aliphatic hydroxyl groups is 2. The molecule has 1 aromatic carbocycles. The maximum Gasteiger partial charge on any atom is 0.514 e. The molecule has 0 radical (unpaired) electrons. The summed E-state index contributed by atoms with van der Waals surface area (Å²) in [4.78, 5) is 35.5. The van der Waals surface area contributed by atoms with E-state index in [-0.39, 0.29) is 56.5 Å². The summed E-state index contributed by atoms with van der Waals surface area (Å²) in [6, 6.07) is 5.40. The predicted molar refractivity (Wildman–Crippen MR) is 182 cm³/mol. The average molecular weight is 698 g/mol. The number of hydrogen-bond donors (Lipinski definition) is 2. The summed E-state index contributed by atoms with van der Waals surface area (Å²) in [5.74, 6) is 0.757. The van der Waals surface area contributed by atoms with Crippen molar-refractivity contribution in [3.8, 4) is 5.75 Å². The van der Waals surface area contributed by atoms with Gasteiger partial charge in [0.25, 0.3) is 5.69 Å². The molecule has 11 nitrogen and oxygen atoms in total. The quantitative estimate of drug-likeness (QED) is 0.138. The van der Waals surface area contributed by atoms with Crippen LogP contribution in [0.3, 0.4) is 0 Å². The molecule has 6 fully saturated rings. The molecular formula is C39H55NO10. The van der Waals surface area contributed by atoms with Gasteiger partial charge in [-0.05, 0) is 117 Å². The van der Waals surface area contributed by atoms with Gasteiger partial charge in [-0.2, -0.15) is 0 Å². The van der Waals surface area contributed by atoms with E-state index in [2.05, 4.69) is 34.6 Å². The second-order valence-corrected chi connectivity index (χ2v) is 18.4. The number of nitro benzene ring substituents is 1. The molecule has 0 aromatic heterocycles. The number of nitro groups is 1. The molecule has 1 heterocycles. The van der Waals surface area contributed by atoms with Crippen molar-refractivity contribution in [2.24, 2.45) is 50.7 Å². The molecular weight excluding hydrogens is 642 g/mol. The first kappa shape index (κ1) is 35.6. The third-order valence-corrected chi connectivity index (χ3v) is 15.6. The van der Waals surface area contributed by atoms with Gasteiger partial charge in [-0.15, -0.1) is 0 Å². The highest BCUT2D eigenvalue weighted by Gasteiger charge is 2.85. The van der Waals surface area contributed by atoms with Crippen LogP contribution in [0.2, 0.25) is 0 Å². The predicted octanol–water partition coefficient (Wildman–Crippen LogP) is 6.99. The number of benzene rings is 1. The summed E-state index contributed by atoms with van der Waals surface area (Å²) in [5, 5.41) is 34.5. The van der Waals surface area contributed by atoms with Crippen LogP contribution in [0.1, 0.15) is 107 Å². The molecule has 5 saturated carbocycles. The number of ether oxygens (including phenoxy) is 4. The Balaban J connectivity index is 1.10. The summed E-state index contributed by atoms with van der Waals surface area (Å²) in [6.45, 7) is 16.0. The highest BCUT2D eigenvalue weighted by Crippen LogP contribution is 2.89. The molecule has 1 saturated heterocycles. The van der Waals surface area contributed by atoms with Gasteiger partial charge in [0.1, 0.15) is 11.9 Å². The van der Waals surface area contributed by atoms with Crippen LogP contribution in [-0.4, -0.2) is 63.4 Å². The zero-order chi connectivity index (χ0) is 36.4. The van der Waals surface area contributed by atoms with Crippen molar-refractivity contribution in [2.75, 3.05) is 0 Å². The minimum atomic E-state index is -1.30. The molecule has 7 rings (SSSR count). The summed E-state index contributed by atoms with van der Waals surface area (Å²) in [7, 11) is 0. The topological polar surface area (TPSA) is 155 Å². The van der Waals surface area contributed by atoms with Crippen LogP contribution < -0.4 is 4.74 Å². The third-order valence-electron chi connectivity index (χ3n) is 15.6. The van der Waals surface area contributed by atoms with Gasteiger partial charge in [0.2, 0.25) is 0 Å². The Labute approximate surface area is 294 Å². The normalized spacial score (nSPS) is 44.6. The number of carbonyl (C=O) groups is 2. The van der Waals surface area contributed by atoms with Gasteiger partial charge in [-0.1, -0.05) is 34.6 Å². The number of nitrogens with zero attached hydrogens (tertiary/aromatic N) is 1. The summed E-state index contributed by atoms with van der Waals surface area (Å²) in [5.41, 5.74) is -1.96. The average Bonchev–Trinajstić information content (AvgIpc) is 3.65. The standard InChI is InChI=1S/C39H55NO10/c1-21-19-25(32(35(5,6)44)47-22(2)41)49-30-29(21)36(7)17-18-39-20-38(39)16-15-28(50-33(43)48-24-11-9-23(10-12-24)40(45)46)34(3,4)26(38)13-14-27(39)37(36,8)31(30)42/h9-12,21,25-32,42,44H,13-20H2,1-8H3/t21?,25?,26-,27-,28?,29?,30?,31-,32-,36+,37+,38+,39?/m0/s1. The number of esters is 1. The SMILES string of the molecule is CC(=O)O[C@@H](C1CC(C)C2C(O1)[C@H](O)[C@@]1(C)[C@@H]3CC[C@H]4C(C)(C)C(OC(=O)Oc5ccc([N+](=O)[O-])cc5)CC[C@@]45CC35CC[C@]21C)C(C)(C)O. The van der Waals surface area contributed by atoms with E-state index in [0.29, 0.717) is 18.3 Å². The van der Waals surface area contributed by atoms with Gasteiger partial charge < -0.3 is 29.2 Å². The van der Waals surface area contributed by atoms with E-state index in [1.54, 1.807) is 13.8 Å². The number of fused-ring (bicyclic) bond motifs is 4. The van der Waals surface area contributed by atoms with Crippen LogP contribution in [0.15, 0.2) is 24.3 Å². The van der Waals surface area contributed by atoms with E-state index in [1.165, 1.54) is 31.2 Å². The van der Waals surface area contributed by atoms with Crippen LogP contribution in [0, 0.1) is 60.9 Å². The van der Waals surface area contributed by atoms with Gasteiger partial charge in [0.05, 0.1) is 28.8 Å². The summed E-state index contributed by atoms with van der Waals surface area (Å²) < 4.78 is 23.9. The molecule has 6 aliphatic rings. The Bertz CT molecular complexity index is 1550. The Kier molecular flexibility index (Phi) is 8.10. The van der Waals surface area contributed by atoms with Crippen LogP contribution in [-0.2, 0) is 19.0 Å². The Hall–Kier alpha value is -2.76. The monoisotopic (exact) mass is 697 g/mol. The van der Waals surface area contributed by atoms with Gasteiger partial charge in [0, 0.05) is 29.9 Å². The fourth-order valence-corrected chi connectivity index (χ4v) is 13.4. The first-order chi connectivity index (χ1) is 23.2. The second kappa shape index (κ2) is 11.4. The van der Waals surface area contributed by atoms with Crippen LogP contribution in [0.5, 0.6) is 5.75 Å². The van der Waals surface area contributed by atoms with Gasteiger partial charge >= 0.3 is 12.1 Å². The zero-order valence-electron chi connectivity index (χ0n) is 30.8. The lowest BCUT2D eigenvalue weighted by Gasteiger charge is -2.63. The maximum absolute atomic E-state index is 13.0. The lowest BCUT2D eigenvalue weighted by molar-refractivity contribution is -0.384. The van der Waals surface area contributed by atoms with E-state index >= 15 is 0 Å². The molecule has 0 bridgehead atoms. The Morgan fingerprint density at radius 3 is 2.28 bits per heavy atom. The number of non-ortho nitro benzene ring substituents is 1. The molecule has 13 atom stereocenters. The molecule has 0 amide bonds. The van der Waals surface area contributed by atoms with Gasteiger partial charge in [0.15, 0.2) is 6.10 Å². The molecule has 1 aromatic rings.